The van der Waals surface area contributed by atoms with E-state index in [0.717, 1.165) is 0 Å². The van der Waals surface area contributed by atoms with Crippen LogP contribution in [-0.4, -0.2) is 26.4 Å². The minimum atomic E-state index is -2.10. The summed E-state index contributed by atoms with van der Waals surface area (Å²) in [6, 6.07) is 0. The van der Waals surface area contributed by atoms with E-state index < -0.39 is 17.2 Å². The molecule has 3 N–H and O–H groups in total. The van der Waals surface area contributed by atoms with Gasteiger partial charge in [-0.3, -0.25) is 9.35 Å². The zero-order chi connectivity index (χ0) is 7.28. The highest BCUT2D eigenvalue weighted by molar-refractivity contribution is 7.77. The van der Waals surface area contributed by atoms with Gasteiger partial charge >= 0.3 is 5.97 Å². The average Bonchev–Trinajstić information content (AvgIpc) is 1.63. The number of carboxylic acids is 1. The molecule has 0 amide bonds. The van der Waals surface area contributed by atoms with Crippen LogP contribution >= 0.6 is 0 Å². The van der Waals surface area contributed by atoms with E-state index in [9.17, 15) is 9.00 Å². The van der Waals surface area contributed by atoms with E-state index in [0.29, 0.717) is 0 Å². The van der Waals surface area contributed by atoms with Crippen LogP contribution in [0.1, 0.15) is 6.42 Å². The lowest BCUT2D eigenvalue weighted by Crippen LogP contribution is -2.19. The van der Waals surface area contributed by atoms with Crippen molar-refractivity contribution in [3.63, 3.8) is 0 Å². The van der Waals surface area contributed by atoms with Crippen LogP contribution in [0.5, 0.6) is 0 Å². The molecule has 0 radical (unpaired) electrons. The maximum absolute atomic E-state index is 9.79. The zero-order valence-corrected chi connectivity index (χ0v) is 5.35. The topological polar surface area (TPSA) is 86.6 Å². The van der Waals surface area contributed by atoms with Crippen molar-refractivity contribution >= 4 is 17.2 Å². The summed E-state index contributed by atoms with van der Waals surface area (Å²) < 4.78 is 19.8. The first-order valence-electron chi connectivity index (χ1n) is 2.19. The molecule has 1 unspecified atom stereocenters. The van der Waals surface area contributed by atoms with Gasteiger partial charge in [0.1, 0.15) is 0 Å². The third-order valence-corrected chi connectivity index (χ3v) is 1.02. The molecule has 0 aliphatic rings. The van der Waals surface area contributed by atoms with Crippen LogP contribution in [0.4, 0.5) is 0 Å². The van der Waals surface area contributed by atoms with Crippen molar-refractivity contribution in [1.29, 1.82) is 0 Å². The van der Waals surface area contributed by atoms with Crippen molar-refractivity contribution in [3.8, 4) is 0 Å². The van der Waals surface area contributed by atoms with Crippen LogP contribution in [0.2, 0.25) is 0 Å². The Kier molecular flexibility index (Phi) is 4.20. The van der Waals surface area contributed by atoms with Gasteiger partial charge in [0.05, 0.1) is 6.42 Å². The lowest BCUT2D eigenvalue weighted by Gasteiger charge is -1.92. The second kappa shape index (κ2) is 4.42. The lowest BCUT2D eigenvalue weighted by atomic mass is 10.5. The van der Waals surface area contributed by atoms with Gasteiger partial charge in [0, 0.05) is 6.54 Å². The first-order valence-corrected chi connectivity index (χ1v) is 3.29. The highest BCUT2D eigenvalue weighted by Gasteiger charge is 1.96. The SMILES string of the molecule is O=C(O)CCNS(=O)O. The summed E-state index contributed by atoms with van der Waals surface area (Å²) in [5, 5.41) is 8.01. The number of hydrogen-bond donors (Lipinski definition) is 3. The first-order chi connectivity index (χ1) is 4.13. The molecule has 0 aliphatic heterocycles. The fourth-order valence-electron chi connectivity index (χ4n) is 0.245. The number of carboxylic acid groups (broad SMARTS) is 1. The van der Waals surface area contributed by atoms with Crippen molar-refractivity contribution in [2.24, 2.45) is 0 Å². The molecule has 0 rings (SSSR count). The zero-order valence-electron chi connectivity index (χ0n) is 4.53. The summed E-state index contributed by atoms with van der Waals surface area (Å²) >= 11 is -2.10. The van der Waals surface area contributed by atoms with E-state index in [1.54, 1.807) is 0 Å². The summed E-state index contributed by atoms with van der Waals surface area (Å²) in [5.74, 6) is -0.993. The third kappa shape index (κ3) is 7.54. The highest BCUT2D eigenvalue weighted by atomic mass is 32.2. The Balaban J connectivity index is 3.10. The maximum Gasteiger partial charge on any atom is 0.304 e. The van der Waals surface area contributed by atoms with Gasteiger partial charge in [-0.05, 0) is 0 Å². The van der Waals surface area contributed by atoms with Gasteiger partial charge in [0.25, 0.3) is 0 Å². The third-order valence-electron chi connectivity index (χ3n) is 0.564. The molecule has 1 atom stereocenters. The Morgan fingerprint density at radius 1 is 1.67 bits per heavy atom. The van der Waals surface area contributed by atoms with E-state index in [2.05, 4.69) is 0 Å². The van der Waals surface area contributed by atoms with Gasteiger partial charge in [-0.1, -0.05) is 0 Å². The second-order valence-corrected chi connectivity index (χ2v) is 2.07. The number of hydrogen-bond acceptors (Lipinski definition) is 2. The van der Waals surface area contributed by atoms with Crippen molar-refractivity contribution < 1.29 is 18.7 Å². The fraction of sp³-hybridized carbons (Fsp3) is 0.667. The quantitative estimate of drug-likeness (QED) is 0.461. The van der Waals surface area contributed by atoms with Crippen molar-refractivity contribution in [2.45, 2.75) is 6.42 Å². The van der Waals surface area contributed by atoms with Crippen molar-refractivity contribution in [3.05, 3.63) is 0 Å². The van der Waals surface area contributed by atoms with E-state index >= 15 is 0 Å². The Morgan fingerprint density at radius 2 is 2.22 bits per heavy atom. The minimum absolute atomic E-state index is 0.0123. The number of aliphatic carboxylic acids is 1. The molecule has 0 heterocycles. The first kappa shape index (κ1) is 8.54. The molecule has 0 aromatic carbocycles. The molecule has 0 aromatic rings. The molecule has 9 heavy (non-hydrogen) atoms. The van der Waals surface area contributed by atoms with E-state index in [1.807, 2.05) is 4.72 Å². The van der Waals surface area contributed by atoms with Gasteiger partial charge in [-0.2, -0.15) is 0 Å². The van der Waals surface area contributed by atoms with E-state index in [1.165, 1.54) is 0 Å². The summed E-state index contributed by atoms with van der Waals surface area (Å²) in [4.78, 5) is 9.76. The maximum atomic E-state index is 9.79. The molecular formula is C3H7NO4S. The predicted molar refractivity (Wildman–Crippen MR) is 31.0 cm³/mol. The lowest BCUT2D eigenvalue weighted by molar-refractivity contribution is -0.136. The summed E-state index contributed by atoms with van der Waals surface area (Å²) in [7, 11) is 0. The van der Waals surface area contributed by atoms with Crippen LogP contribution in [0.15, 0.2) is 0 Å². The summed E-state index contributed by atoms with van der Waals surface area (Å²) in [6.45, 7) is 0.0123. The largest absolute Gasteiger partial charge is 0.481 e. The van der Waals surface area contributed by atoms with Crippen molar-refractivity contribution in [2.75, 3.05) is 6.54 Å². The number of nitrogens with one attached hydrogen (secondary N) is 1. The Morgan fingerprint density at radius 3 is 2.56 bits per heavy atom. The van der Waals surface area contributed by atoms with E-state index in [-0.39, 0.29) is 13.0 Å². The minimum Gasteiger partial charge on any atom is -0.481 e. The van der Waals surface area contributed by atoms with Gasteiger partial charge < -0.3 is 5.11 Å². The Labute approximate surface area is 54.5 Å². The second-order valence-electron chi connectivity index (χ2n) is 1.29. The molecule has 6 heteroatoms. The number of rotatable bonds is 4. The van der Waals surface area contributed by atoms with Crippen LogP contribution < -0.4 is 4.72 Å². The van der Waals surface area contributed by atoms with Crippen LogP contribution in [0.3, 0.4) is 0 Å². The predicted octanol–water partition coefficient (Wildman–Crippen LogP) is -0.813. The molecule has 0 saturated carbocycles. The smallest absolute Gasteiger partial charge is 0.304 e. The fourth-order valence-corrected chi connectivity index (χ4v) is 0.522. The molecule has 0 aliphatic carbocycles. The average molecular weight is 153 g/mol. The van der Waals surface area contributed by atoms with Crippen LogP contribution in [0, 0.1) is 0 Å². The van der Waals surface area contributed by atoms with E-state index in [4.69, 9.17) is 9.66 Å². The Hall–Kier alpha value is -0.460. The Bertz CT molecular complexity index is 111. The number of carbonyl (C=O) groups is 1. The molecule has 0 aromatic heterocycles. The van der Waals surface area contributed by atoms with Crippen molar-refractivity contribution in [1.82, 2.24) is 4.72 Å². The van der Waals surface area contributed by atoms with Gasteiger partial charge in [0.15, 0.2) is 0 Å². The summed E-state index contributed by atoms with van der Waals surface area (Å²) in [5.41, 5.74) is 0. The molecule has 0 spiro atoms. The van der Waals surface area contributed by atoms with Gasteiger partial charge in [-0.25, -0.2) is 8.93 Å². The monoisotopic (exact) mass is 153 g/mol. The van der Waals surface area contributed by atoms with Crippen LogP contribution in [-0.2, 0) is 16.1 Å². The van der Waals surface area contributed by atoms with Gasteiger partial charge in [0.2, 0.25) is 11.3 Å². The van der Waals surface area contributed by atoms with Gasteiger partial charge in [-0.15, -0.1) is 0 Å². The standard InChI is InChI=1S/C3H7NO4S/c5-3(6)1-2-4-9(7)8/h4H,1-2H2,(H,5,6)(H,7,8). The molecule has 0 saturated heterocycles. The molecule has 54 valence electrons. The normalized spacial score (nSPS) is 13.0. The molecule has 0 fully saturated rings. The molecule has 0 bridgehead atoms. The highest BCUT2D eigenvalue weighted by Crippen LogP contribution is 1.74. The van der Waals surface area contributed by atoms with Crippen LogP contribution in [0.25, 0.3) is 0 Å². The molecule has 5 nitrogen and oxygen atoms in total. The summed E-state index contributed by atoms with van der Waals surface area (Å²) in [6.07, 6.45) is -0.147. The molecular weight excluding hydrogens is 146 g/mol.